The van der Waals surface area contributed by atoms with Crippen LogP contribution in [0.1, 0.15) is 132 Å². The lowest BCUT2D eigenvalue weighted by Gasteiger charge is -2.43. The van der Waals surface area contributed by atoms with Gasteiger partial charge in [-0.25, -0.2) is 4.79 Å². The Morgan fingerprint density at radius 2 is 1.54 bits per heavy atom. The van der Waals surface area contributed by atoms with E-state index in [1.165, 1.54) is 14.2 Å². The van der Waals surface area contributed by atoms with Crippen LogP contribution in [-0.2, 0) is 47.7 Å². The van der Waals surface area contributed by atoms with Crippen LogP contribution in [-0.4, -0.2) is 188 Å². The second-order valence-corrected chi connectivity index (χ2v) is 22.3. The number of ketones is 3. The number of hydrogen-bond donors (Lipinski definition) is 8. The first-order valence-electron chi connectivity index (χ1n) is 27.3. The number of carbonyl (C=O) groups excluding carboxylic acids is 5. The summed E-state index contributed by atoms with van der Waals surface area (Å²) in [5, 5.41) is 84.1. The number of aliphatic hydroxyl groups excluding tert-OH is 7. The normalized spacial score (nSPS) is 28.3. The highest BCUT2D eigenvalue weighted by molar-refractivity contribution is 6.39. The number of piperidine rings is 1. The molecule has 0 aromatic carbocycles. The molecule has 2 heterocycles. The first-order chi connectivity index (χ1) is 35.8. The zero-order valence-electron chi connectivity index (χ0n) is 46.7. The fraction of sp³-hybridized carbons (Fsp3) is 0.772. The lowest BCUT2D eigenvalue weighted by molar-refractivity contribution is -0.266. The van der Waals surface area contributed by atoms with Crippen LogP contribution in [0.2, 0.25) is 0 Å². The fourth-order valence-corrected chi connectivity index (χ4v) is 10.7. The van der Waals surface area contributed by atoms with Crippen molar-refractivity contribution in [3.63, 3.8) is 0 Å². The SMILES string of the molecule is C=C/C=C/C=C(\C)C(C[C@@H]1CC[C@@H](C)[C@](O)(C(=O)C(=O)N2CCCC[C@H]2C(=O)O[C@@H](CC(=O)[C@H](C)/C=C(\C)[C@@H](O)[C@@H](OC)C(=O)[C@H](C)CC(C)C)[C@H](C)C[C@@H]2CC[C@@H](O)[C@H](OC)C2)O1)OC[C@@H](O)[C@@H](O)[C@H](O)[C@H](O)CO. The summed E-state index contributed by atoms with van der Waals surface area (Å²) < 4.78 is 29.4. The van der Waals surface area contributed by atoms with Gasteiger partial charge in [-0.15, -0.1) is 0 Å². The van der Waals surface area contributed by atoms with E-state index >= 15 is 0 Å². The Morgan fingerprint density at radius 3 is 2.16 bits per heavy atom. The van der Waals surface area contributed by atoms with Gasteiger partial charge < -0.3 is 69.4 Å². The second kappa shape index (κ2) is 31.9. The van der Waals surface area contributed by atoms with Crippen LogP contribution >= 0.6 is 0 Å². The molecule has 2 aliphatic heterocycles. The van der Waals surface area contributed by atoms with E-state index in [1.807, 2.05) is 20.8 Å². The van der Waals surface area contributed by atoms with Crippen molar-refractivity contribution >= 4 is 29.2 Å². The molecule has 19 nitrogen and oxygen atoms in total. The zero-order valence-corrected chi connectivity index (χ0v) is 46.7. The van der Waals surface area contributed by atoms with Crippen molar-refractivity contribution in [2.24, 2.45) is 35.5 Å². The van der Waals surface area contributed by atoms with Gasteiger partial charge in [0.15, 0.2) is 5.78 Å². The monoisotopic (exact) mass is 1080 g/mol. The number of nitrogens with zero attached hydrogens (tertiary/aromatic N) is 1. The minimum absolute atomic E-state index is 0.00442. The molecule has 18 atom stereocenters. The third-order valence-electron chi connectivity index (χ3n) is 15.7. The molecule has 0 spiro atoms. The highest BCUT2D eigenvalue weighted by Gasteiger charge is 2.53. The summed E-state index contributed by atoms with van der Waals surface area (Å²) in [6, 6.07) is -1.25. The van der Waals surface area contributed by atoms with E-state index in [1.54, 1.807) is 65.0 Å². The molecule has 8 N–H and O–H groups in total. The zero-order chi connectivity index (χ0) is 57.2. The molecule has 0 bridgehead atoms. The van der Waals surface area contributed by atoms with Gasteiger partial charge in [0.1, 0.15) is 54.6 Å². The maximum absolute atomic E-state index is 14.5. The van der Waals surface area contributed by atoms with Crippen molar-refractivity contribution in [1.29, 1.82) is 0 Å². The summed E-state index contributed by atoms with van der Waals surface area (Å²) >= 11 is 0. The van der Waals surface area contributed by atoms with Crippen molar-refractivity contribution < 1.29 is 88.5 Å². The Morgan fingerprint density at radius 1 is 0.868 bits per heavy atom. The van der Waals surface area contributed by atoms with Crippen LogP contribution < -0.4 is 0 Å². The van der Waals surface area contributed by atoms with Gasteiger partial charge in [0.2, 0.25) is 5.79 Å². The first kappa shape index (κ1) is 66.7. The molecule has 0 aromatic rings. The molecular formula is C57H93NO18. The molecule has 0 aromatic heterocycles. The quantitative estimate of drug-likeness (QED) is 0.0213. The molecule has 3 aliphatic rings. The minimum atomic E-state index is -2.63. The van der Waals surface area contributed by atoms with Crippen molar-refractivity contribution in [2.75, 3.05) is 34.0 Å². The van der Waals surface area contributed by atoms with E-state index in [-0.39, 0.29) is 67.7 Å². The first-order valence-corrected chi connectivity index (χ1v) is 27.3. The summed E-state index contributed by atoms with van der Waals surface area (Å²) in [4.78, 5) is 71.9. The number of hydrogen-bond acceptors (Lipinski definition) is 18. The number of carbonyl (C=O) groups is 5. The highest BCUT2D eigenvalue weighted by Crippen LogP contribution is 2.38. The summed E-state index contributed by atoms with van der Waals surface area (Å²) in [6.45, 7) is 16.5. The topological polar surface area (TPSA) is 297 Å². The van der Waals surface area contributed by atoms with Gasteiger partial charge in [-0.05, 0) is 107 Å². The van der Waals surface area contributed by atoms with Gasteiger partial charge in [0.25, 0.3) is 11.7 Å². The maximum atomic E-state index is 14.5. The summed E-state index contributed by atoms with van der Waals surface area (Å²) in [6.07, 6.45) is -1.03. The van der Waals surface area contributed by atoms with Crippen LogP contribution in [0.4, 0.5) is 0 Å². The van der Waals surface area contributed by atoms with Crippen LogP contribution in [0.15, 0.2) is 48.1 Å². The van der Waals surface area contributed by atoms with Gasteiger partial charge in [-0.3, -0.25) is 19.2 Å². The van der Waals surface area contributed by atoms with Gasteiger partial charge >= 0.3 is 5.97 Å². The van der Waals surface area contributed by atoms with Gasteiger partial charge in [-0.1, -0.05) is 78.5 Å². The summed E-state index contributed by atoms with van der Waals surface area (Å²) in [7, 11) is 2.89. The summed E-state index contributed by atoms with van der Waals surface area (Å²) in [5.74, 6) is -8.59. The number of likely N-dealkylation sites (tertiary alicyclic amines) is 1. The van der Waals surface area contributed by atoms with Crippen LogP contribution in [0.3, 0.4) is 0 Å². The van der Waals surface area contributed by atoms with Gasteiger partial charge in [-0.2, -0.15) is 0 Å². The molecule has 3 rings (SSSR count). The number of amides is 1. The van der Waals surface area contributed by atoms with Crippen molar-refractivity contribution in [3.8, 4) is 0 Å². The largest absolute Gasteiger partial charge is 0.460 e. The molecule has 434 valence electrons. The second-order valence-electron chi connectivity index (χ2n) is 22.3. The number of ether oxygens (including phenoxy) is 5. The maximum Gasteiger partial charge on any atom is 0.329 e. The fourth-order valence-electron chi connectivity index (χ4n) is 10.7. The van der Waals surface area contributed by atoms with Crippen molar-refractivity contribution in [2.45, 2.75) is 211 Å². The van der Waals surface area contributed by atoms with Crippen molar-refractivity contribution in [3.05, 3.63) is 48.1 Å². The minimum Gasteiger partial charge on any atom is -0.460 e. The number of Topliss-reactive ketones (excluding diaryl/α,β-unsaturated/α-hetero) is 3. The Labute approximate surface area is 450 Å². The number of esters is 1. The Bertz CT molecular complexity index is 1970. The lowest BCUT2D eigenvalue weighted by atomic mass is 9.78. The van der Waals surface area contributed by atoms with E-state index < -0.39 is 121 Å². The standard InChI is InChI=1S/C57H93NO18/c1-12-13-14-17-33(4)46(74-31-45(63)52(67)51(66)44(62)30-59)28-40-21-19-38(9)57(71,76-40)54(68)55(69)58-23-16-15-18-41(58)56(70)75-47(35(6)26-39-20-22-42(60)48(27-39)72-10)29-43(61)34(5)25-37(8)50(65)53(73-11)49(64)36(7)24-32(2)3/h12-14,17,25,32,34-36,38-42,44-48,50-53,59-60,62-63,65-67,71H,1,15-16,18-24,26-31H2,2-11H3/b14-13+,33-17+,37-25+/t34-,35-,36-,38-,39+,40+,41+,42-,44-,45-,46?,47+,48-,50-,51-,52-,53+,57-/m1/s1. The van der Waals surface area contributed by atoms with Crippen LogP contribution in [0.25, 0.3) is 0 Å². The predicted octanol–water partition coefficient (Wildman–Crippen LogP) is 3.62. The van der Waals surface area contributed by atoms with E-state index in [0.717, 1.165) is 4.90 Å². The average Bonchev–Trinajstić information content (AvgIpc) is 3.39. The molecule has 19 heteroatoms. The van der Waals surface area contributed by atoms with E-state index in [9.17, 15) is 64.8 Å². The van der Waals surface area contributed by atoms with E-state index in [0.29, 0.717) is 62.5 Å². The molecule has 3 fully saturated rings. The number of allylic oxidation sites excluding steroid dienone is 5. The van der Waals surface area contributed by atoms with E-state index in [4.69, 9.17) is 23.7 Å². The van der Waals surface area contributed by atoms with Gasteiger partial charge in [0, 0.05) is 51.4 Å². The lowest BCUT2D eigenvalue weighted by Crippen LogP contribution is -2.61. The molecule has 2 saturated heterocycles. The molecule has 0 radical (unpaired) electrons. The average molecular weight is 1080 g/mol. The third kappa shape index (κ3) is 18.8. The van der Waals surface area contributed by atoms with Crippen molar-refractivity contribution in [1.82, 2.24) is 4.90 Å². The molecule has 76 heavy (non-hydrogen) atoms. The van der Waals surface area contributed by atoms with Gasteiger partial charge in [0.05, 0.1) is 37.6 Å². The number of aliphatic hydroxyl groups is 8. The number of methoxy groups -OCH3 is 2. The Balaban J connectivity index is 1.88. The van der Waals surface area contributed by atoms with E-state index in [2.05, 4.69) is 6.58 Å². The van der Waals surface area contributed by atoms with Crippen LogP contribution in [0, 0.1) is 35.5 Å². The highest BCUT2D eigenvalue weighted by atomic mass is 16.6. The molecular weight excluding hydrogens is 987 g/mol. The third-order valence-corrected chi connectivity index (χ3v) is 15.7. The Hall–Kier alpha value is -3.57. The predicted molar refractivity (Wildman–Crippen MR) is 282 cm³/mol. The molecule has 1 unspecified atom stereocenters. The molecule has 1 saturated carbocycles. The number of rotatable bonds is 31. The molecule has 1 aliphatic carbocycles. The summed E-state index contributed by atoms with van der Waals surface area (Å²) in [5.41, 5.74) is 0.957. The van der Waals surface area contributed by atoms with Crippen LogP contribution in [0.5, 0.6) is 0 Å². The Kier molecular flexibility index (Phi) is 28.0. The molecule has 1 amide bonds. The smallest absolute Gasteiger partial charge is 0.329 e.